The highest BCUT2D eigenvalue weighted by atomic mass is 31.2. The van der Waals surface area contributed by atoms with Crippen molar-refractivity contribution in [3.05, 3.63) is 24.3 Å². The van der Waals surface area contributed by atoms with E-state index < -0.39 is 32.5 Å². The van der Waals surface area contributed by atoms with E-state index in [1.807, 2.05) is 0 Å². The standard InChI is InChI=1S/C39H73O8P/c1-3-5-7-9-11-13-15-17-19-20-22-24-26-28-30-32-34-39(41)47-37(36-46-48(42,43)44)35-45-38(40)33-31-29-27-25-23-21-18-16-14-12-10-8-6-4-2/h16,18-20,37H,3-15,17,21-36H2,1-2H3,(H2,42,43,44)/b18-16-,20-19-/t37-/m1/s1. The molecule has 0 fully saturated rings. The van der Waals surface area contributed by atoms with Gasteiger partial charge in [-0.1, -0.05) is 141 Å². The van der Waals surface area contributed by atoms with Crippen LogP contribution in [0.1, 0.15) is 194 Å². The summed E-state index contributed by atoms with van der Waals surface area (Å²) in [7, 11) is -4.75. The van der Waals surface area contributed by atoms with Gasteiger partial charge in [0.25, 0.3) is 0 Å². The van der Waals surface area contributed by atoms with E-state index in [0.29, 0.717) is 12.8 Å². The number of hydrogen-bond acceptors (Lipinski definition) is 6. The van der Waals surface area contributed by atoms with Crippen molar-refractivity contribution in [2.45, 2.75) is 200 Å². The molecule has 1 atom stereocenters. The lowest BCUT2D eigenvalue weighted by Crippen LogP contribution is -2.29. The third-order valence-electron chi connectivity index (χ3n) is 8.44. The molecule has 0 unspecified atom stereocenters. The van der Waals surface area contributed by atoms with E-state index in [0.717, 1.165) is 64.2 Å². The SMILES string of the molecule is CCCCCCC/C=C\CCCCCCCC(=O)OC[C@H](COP(=O)(O)O)OC(=O)CCCCCCC/C=C\CCCCCCCCC. The first-order valence-electron chi connectivity index (χ1n) is 19.6. The Morgan fingerprint density at radius 2 is 0.875 bits per heavy atom. The molecule has 0 heterocycles. The first-order chi connectivity index (χ1) is 23.3. The molecule has 0 aromatic carbocycles. The van der Waals surface area contributed by atoms with Crippen LogP contribution in [0.3, 0.4) is 0 Å². The first-order valence-corrected chi connectivity index (χ1v) is 21.2. The minimum atomic E-state index is -4.75. The Bertz CT molecular complexity index is 838. The summed E-state index contributed by atoms with van der Waals surface area (Å²) in [5.41, 5.74) is 0. The van der Waals surface area contributed by atoms with Crippen molar-refractivity contribution in [3.8, 4) is 0 Å². The van der Waals surface area contributed by atoms with Crippen molar-refractivity contribution in [1.29, 1.82) is 0 Å². The quantitative estimate of drug-likeness (QED) is 0.0287. The fraction of sp³-hybridized carbons (Fsp3) is 0.846. The van der Waals surface area contributed by atoms with Crippen LogP contribution < -0.4 is 0 Å². The molecule has 0 aromatic heterocycles. The topological polar surface area (TPSA) is 119 Å². The van der Waals surface area contributed by atoms with Gasteiger partial charge in [-0.15, -0.1) is 0 Å². The summed E-state index contributed by atoms with van der Waals surface area (Å²) in [4.78, 5) is 42.7. The van der Waals surface area contributed by atoms with Crippen molar-refractivity contribution < 1.29 is 37.9 Å². The number of phosphoric acid groups is 1. The van der Waals surface area contributed by atoms with Crippen LogP contribution in [0.2, 0.25) is 0 Å². The molecule has 0 bridgehead atoms. The number of carbonyl (C=O) groups excluding carboxylic acids is 2. The highest BCUT2D eigenvalue weighted by molar-refractivity contribution is 7.46. The van der Waals surface area contributed by atoms with Gasteiger partial charge in [0.1, 0.15) is 6.61 Å². The van der Waals surface area contributed by atoms with Gasteiger partial charge in [-0.25, -0.2) is 4.57 Å². The summed E-state index contributed by atoms with van der Waals surface area (Å²) in [5, 5.41) is 0. The van der Waals surface area contributed by atoms with Crippen LogP contribution in [0, 0.1) is 0 Å². The zero-order chi connectivity index (χ0) is 35.4. The summed E-state index contributed by atoms with van der Waals surface area (Å²) in [6.45, 7) is 3.66. The normalized spacial score (nSPS) is 12.7. The van der Waals surface area contributed by atoms with Gasteiger partial charge in [0.15, 0.2) is 6.10 Å². The number of carbonyl (C=O) groups is 2. The summed E-state index contributed by atoms with van der Waals surface area (Å²) in [6.07, 6.45) is 38.9. The number of phosphoric ester groups is 1. The maximum Gasteiger partial charge on any atom is 0.469 e. The van der Waals surface area contributed by atoms with Crippen molar-refractivity contribution in [1.82, 2.24) is 0 Å². The molecule has 0 saturated heterocycles. The second kappa shape index (κ2) is 35.4. The molecule has 0 spiro atoms. The molecule has 282 valence electrons. The third kappa shape index (κ3) is 37.4. The van der Waals surface area contributed by atoms with Gasteiger partial charge in [0.2, 0.25) is 0 Å². The number of ether oxygens (including phenoxy) is 2. The molecule has 0 rings (SSSR count). The van der Waals surface area contributed by atoms with Crippen molar-refractivity contribution in [2.75, 3.05) is 13.2 Å². The van der Waals surface area contributed by atoms with Gasteiger partial charge in [-0.2, -0.15) is 0 Å². The average Bonchev–Trinajstić information content (AvgIpc) is 3.05. The van der Waals surface area contributed by atoms with E-state index in [2.05, 4.69) is 42.7 Å². The van der Waals surface area contributed by atoms with Gasteiger partial charge >= 0.3 is 19.8 Å². The summed E-state index contributed by atoms with van der Waals surface area (Å²) >= 11 is 0. The van der Waals surface area contributed by atoms with E-state index in [4.69, 9.17) is 19.3 Å². The lowest BCUT2D eigenvalue weighted by atomic mass is 10.1. The molecule has 0 radical (unpaired) electrons. The van der Waals surface area contributed by atoms with Gasteiger partial charge in [0, 0.05) is 12.8 Å². The number of rotatable bonds is 36. The smallest absolute Gasteiger partial charge is 0.462 e. The fourth-order valence-electron chi connectivity index (χ4n) is 5.48. The second-order valence-electron chi connectivity index (χ2n) is 13.2. The van der Waals surface area contributed by atoms with Crippen LogP contribution in [0.4, 0.5) is 0 Å². The Hall–Kier alpha value is -1.47. The lowest BCUT2D eigenvalue weighted by Gasteiger charge is -2.18. The summed E-state index contributed by atoms with van der Waals surface area (Å²) in [5.74, 6) is -0.901. The number of esters is 2. The summed E-state index contributed by atoms with van der Waals surface area (Å²) < 4.78 is 26.3. The molecule has 0 aliphatic heterocycles. The van der Waals surface area contributed by atoms with Gasteiger partial charge < -0.3 is 19.3 Å². The van der Waals surface area contributed by atoms with Crippen LogP contribution in [-0.4, -0.2) is 41.0 Å². The molecule has 0 aliphatic carbocycles. The first kappa shape index (κ1) is 46.5. The molecule has 2 N–H and O–H groups in total. The van der Waals surface area contributed by atoms with E-state index in [1.54, 1.807) is 0 Å². The third-order valence-corrected chi connectivity index (χ3v) is 8.93. The predicted octanol–water partition coefficient (Wildman–Crippen LogP) is 11.6. The monoisotopic (exact) mass is 701 g/mol. The average molecular weight is 701 g/mol. The summed E-state index contributed by atoms with van der Waals surface area (Å²) in [6, 6.07) is 0. The maximum absolute atomic E-state index is 12.4. The van der Waals surface area contributed by atoms with Crippen LogP contribution >= 0.6 is 7.82 Å². The second-order valence-corrected chi connectivity index (χ2v) is 14.5. The number of unbranched alkanes of at least 4 members (excludes halogenated alkanes) is 22. The Labute approximate surface area is 294 Å². The molecule has 9 heteroatoms. The van der Waals surface area contributed by atoms with Crippen LogP contribution in [0.25, 0.3) is 0 Å². The number of hydrogen-bond donors (Lipinski definition) is 2. The van der Waals surface area contributed by atoms with E-state index >= 15 is 0 Å². The Balaban J connectivity index is 3.97. The van der Waals surface area contributed by atoms with Crippen molar-refractivity contribution in [3.63, 3.8) is 0 Å². The van der Waals surface area contributed by atoms with Gasteiger partial charge in [0.05, 0.1) is 6.61 Å². The van der Waals surface area contributed by atoms with Crippen molar-refractivity contribution >= 4 is 19.8 Å². The van der Waals surface area contributed by atoms with Crippen LogP contribution in [0.15, 0.2) is 24.3 Å². The van der Waals surface area contributed by atoms with Crippen LogP contribution in [-0.2, 0) is 28.2 Å². The molecule has 48 heavy (non-hydrogen) atoms. The van der Waals surface area contributed by atoms with Gasteiger partial charge in [-0.05, 0) is 64.2 Å². The Morgan fingerprint density at radius 3 is 1.27 bits per heavy atom. The van der Waals surface area contributed by atoms with E-state index in [1.165, 1.54) is 89.9 Å². The van der Waals surface area contributed by atoms with Crippen LogP contribution in [0.5, 0.6) is 0 Å². The minimum Gasteiger partial charge on any atom is -0.462 e. The molecule has 8 nitrogen and oxygen atoms in total. The molecule has 0 amide bonds. The molecular weight excluding hydrogens is 627 g/mol. The van der Waals surface area contributed by atoms with Crippen molar-refractivity contribution in [2.24, 2.45) is 0 Å². The zero-order valence-electron chi connectivity index (χ0n) is 30.9. The predicted molar refractivity (Wildman–Crippen MR) is 198 cm³/mol. The minimum absolute atomic E-state index is 0.202. The number of allylic oxidation sites excluding steroid dienone is 4. The lowest BCUT2D eigenvalue weighted by molar-refractivity contribution is -0.161. The Kier molecular flexibility index (Phi) is 34.3. The molecular formula is C39H73O8P. The van der Waals surface area contributed by atoms with Gasteiger partial charge in [-0.3, -0.25) is 14.1 Å². The molecule has 0 aromatic rings. The largest absolute Gasteiger partial charge is 0.469 e. The fourth-order valence-corrected chi connectivity index (χ4v) is 5.84. The maximum atomic E-state index is 12.4. The Morgan fingerprint density at radius 1 is 0.521 bits per heavy atom. The van der Waals surface area contributed by atoms with E-state index in [9.17, 15) is 14.2 Å². The highest BCUT2D eigenvalue weighted by Gasteiger charge is 2.22. The zero-order valence-corrected chi connectivity index (χ0v) is 31.8. The highest BCUT2D eigenvalue weighted by Crippen LogP contribution is 2.36. The molecule has 0 aliphatic rings. The molecule has 0 saturated carbocycles. The van der Waals surface area contributed by atoms with E-state index in [-0.39, 0.29) is 19.4 Å².